The summed E-state index contributed by atoms with van der Waals surface area (Å²) < 4.78 is 31.5. The molecule has 0 spiro atoms. The molecule has 0 radical (unpaired) electrons. The number of ether oxygens (including phenoxy) is 1. The number of nitrogens with one attached hydrogen (secondary N) is 2. The molecule has 1 saturated carbocycles. The highest BCUT2D eigenvalue weighted by Gasteiger charge is 2.25. The van der Waals surface area contributed by atoms with E-state index < -0.39 is 6.61 Å². The molecular weight excluding hydrogens is 486 g/mol. The maximum absolute atomic E-state index is 12.8. The molecule has 2 N–H and O–H groups in total. The van der Waals surface area contributed by atoms with Gasteiger partial charge in [0.05, 0.1) is 28.6 Å². The zero-order valence-corrected chi connectivity index (χ0v) is 19.2. The Morgan fingerprint density at radius 2 is 1.85 bits per heavy atom. The highest BCUT2D eigenvalue weighted by molar-refractivity contribution is 7.22. The molecule has 0 amide bonds. The lowest BCUT2D eigenvalue weighted by atomic mass is 10.2. The molecule has 0 aliphatic heterocycles. The second-order valence-electron chi connectivity index (χ2n) is 7.84. The Hall–Kier alpha value is -3.31. The number of hydrogen-bond acceptors (Lipinski definition) is 8. The van der Waals surface area contributed by atoms with E-state index in [0.717, 1.165) is 24.6 Å². The molecule has 4 aromatic heterocycles. The summed E-state index contributed by atoms with van der Waals surface area (Å²) in [4.78, 5) is 25.3. The van der Waals surface area contributed by atoms with Gasteiger partial charge < -0.3 is 15.4 Å². The molecule has 12 heteroatoms. The number of pyridine rings is 2. The summed E-state index contributed by atoms with van der Waals surface area (Å²) in [6.45, 7) is -2.91. The van der Waals surface area contributed by atoms with E-state index >= 15 is 0 Å². The number of nitrogens with zero attached hydrogens (tertiary/aromatic N) is 4. The van der Waals surface area contributed by atoms with Crippen LogP contribution in [-0.4, -0.2) is 38.2 Å². The molecule has 8 nitrogen and oxygen atoms in total. The molecule has 34 heavy (non-hydrogen) atoms. The minimum Gasteiger partial charge on any atom is -0.432 e. The van der Waals surface area contributed by atoms with E-state index in [0.29, 0.717) is 26.5 Å². The van der Waals surface area contributed by atoms with Crippen LogP contribution in [-0.2, 0) is 0 Å². The number of aromatic nitrogens is 4. The molecule has 5 rings (SSSR count). The SMILES string of the molecule is O=c1c2sc(Cl)cc2ccn1-c1ccc(N[C@H]2CC[C@H](Nc3ncc(OC(F)F)cn3)C2)nc1. The van der Waals surface area contributed by atoms with E-state index in [-0.39, 0.29) is 23.4 Å². The fourth-order valence-corrected chi connectivity index (χ4v) is 5.16. The molecule has 0 saturated heterocycles. The first-order chi connectivity index (χ1) is 16.4. The zero-order chi connectivity index (χ0) is 23.7. The Bertz CT molecular complexity index is 1350. The van der Waals surface area contributed by atoms with Crippen molar-refractivity contribution in [3.05, 3.63) is 63.7 Å². The number of alkyl halides is 2. The van der Waals surface area contributed by atoms with E-state index in [2.05, 4.69) is 30.3 Å². The molecule has 0 unspecified atom stereocenters. The van der Waals surface area contributed by atoms with E-state index in [1.165, 1.54) is 23.7 Å². The van der Waals surface area contributed by atoms with Gasteiger partial charge in [0.25, 0.3) is 5.56 Å². The molecule has 1 fully saturated rings. The predicted octanol–water partition coefficient (Wildman–Crippen LogP) is 4.94. The van der Waals surface area contributed by atoms with Gasteiger partial charge in [-0.1, -0.05) is 11.6 Å². The van der Waals surface area contributed by atoms with Crippen molar-refractivity contribution in [1.82, 2.24) is 19.5 Å². The van der Waals surface area contributed by atoms with Gasteiger partial charge in [-0.25, -0.2) is 15.0 Å². The van der Waals surface area contributed by atoms with E-state index in [4.69, 9.17) is 11.6 Å². The van der Waals surface area contributed by atoms with Gasteiger partial charge >= 0.3 is 6.61 Å². The summed E-state index contributed by atoms with van der Waals surface area (Å²) in [5.74, 6) is 0.999. The third-order valence-electron chi connectivity index (χ3n) is 5.54. The summed E-state index contributed by atoms with van der Waals surface area (Å²) in [5.41, 5.74) is 0.544. The Morgan fingerprint density at radius 1 is 1.09 bits per heavy atom. The molecular formula is C22H19ClF2N6O2S. The normalized spacial score (nSPS) is 17.9. The van der Waals surface area contributed by atoms with Gasteiger partial charge in [0.1, 0.15) is 10.5 Å². The largest absolute Gasteiger partial charge is 0.432 e. The van der Waals surface area contributed by atoms with Crippen molar-refractivity contribution in [2.45, 2.75) is 38.0 Å². The molecule has 1 aliphatic carbocycles. The van der Waals surface area contributed by atoms with Crippen LogP contribution < -0.4 is 20.9 Å². The van der Waals surface area contributed by atoms with Crippen LogP contribution in [0, 0.1) is 0 Å². The summed E-state index contributed by atoms with van der Waals surface area (Å²) in [5, 5.41) is 7.46. The second-order valence-corrected chi connectivity index (χ2v) is 9.53. The Balaban J connectivity index is 1.19. The number of thiophene rings is 1. The van der Waals surface area contributed by atoms with Crippen LogP contribution in [0.15, 0.2) is 53.8 Å². The number of hydrogen-bond donors (Lipinski definition) is 2. The average molecular weight is 505 g/mol. The Morgan fingerprint density at radius 3 is 2.56 bits per heavy atom. The monoisotopic (exact) mass is 504 g/mol. The average Bonchev–Trinajstić information content (AvgIpc) is 3.42. The lowest BCUT2D eigenvalue weighted by molar-refractivity contribution is -0.0503. The molecule has 0 bridgehead atoms. The van der Waals surface area contributed by atoms with Crippen LogP contribution in [0.2, 0.25) is 4.34 Å². The lowest BCUT2D eigenvalue weighted by Gasteiger charge is -2.15. The quantitative estimate of drug-likeness (QED) is 0.368. The maximum atomic E-state index is 12.8. The summed E-state index contributed by atoms with van der Waals surface area (Å²) in [6, 6.07) is 7.68. The molecule has 4 heterocycles. The van der Waals surface area contributed by atoms with Crippen LogP contribution in [0.3, 0.4) is 0 Å². The third kappa shape index (κ3) is 4.95. The Labute approximate surface area is 201 Å². The molecule has 176 valence electrons. The van der Waals surface area contributed by atoms with E-state index in [1.807, 2.05) is 18.2 Å². The van der Waals surface area contributed by atoms with Gasteiger partial charge in [0.15, 0.2) is 5.75 Å². The first-order valence-corrected chi connectivity index (χ1v) is 11.7. The van der Waals surface area contributed by atoms with Crippen molar-refractivity contribution in [2.75, 3.05) is 10.6 Å². The van der Waals surface area contributed by atoms with Gasteiger partial charge in [-0.2, -0.15) is 8.78 Å². The smallest absolute Gasteiger partial charge is 0.387 e. The van der Waals surface area contributed by atoms with Gasteiger partial charge in [-0.15, -0.1) is 11.3 Å². The Kier molecular flexibility index (Phi) is 6.29. The van der Waals surface area contributed by atoms with Crippen molar-refractivity contribution >= 4 is 44.8 Å². The van der Waals surface area contributed by atoms with Gasteiger partial charge in [0, 0.05) is 23.7 Å². The van der Waals surface area contributed by atoms with Crippen molar-refractivity contribution < 1.29 is 13.5 Å². The second kappa shape index (κ2) is 9.51. The van der Waals surface area contributed by atoms with Crippen molar-refractivity contribution in [3.8, 4) is 11.4 Å². The predicted molar refractivity (Wildman–Crippen MR) is 128 cm³/mol. The zero-order valence-electron chi connectivity index (χ0n) is 17.6. The van der Waals surface area contributed by atoms with Gasteiger partial charge in [-0.3, -0.25) is 9.36 Å². The standard InChI is InChI=1S/C22H19ClF2N6O2S/c23-17-7-12-5-6-31(20(32)19(12)34-17)15-3-4-18(26-9-15)29-13-1-2-14(8-13)30-22-27-10-16(11-28-22)33-21(24)25/h3-7,9-11,13-14,21H,1-2,8H2,(H,26,29)(H,27,28,30)/t13-,14-/m0/s1. The number of fused-ring (bicyclic) bond motifs is 1. The van der Waals surface area contributed by atoms with E-state index in [1.54, 1.807) is 23.0 Å². The number of rotatable bonds is 7. The lowest BCUT2D eigenvalue weighted by Crippen LogP contribution is -2.22. The van der Waals surface area contributed by atoms with E-state index in [9.17, 15) is 13.6 Å². The summed E-state index contributed by atoms with van der Waals surface area (Å²) in [7, 11) is 0. The first-order valence-electron chi connectivity index (χ1n) is 10.5. The fraction of sp³-hybridized carbons (Fsp3) is 0.273. The number of anilines is 2. The highest BCUT2D eigenvalue weighted by atomic mass is 35.5. The highest BCUT2D eigenvalue weighted by Crippen LogP contribution is 2.27. The maximum Gasteiger partial charge on any atom is 0.387 e. The van der Waals surface area contributed by atoms with Crippen molar-refractivity contribution in [3.63, 3.8) is 0 Å². The van der Waals surface area contributed by atoms with Crippen molar-refractivity contribution in [2.24, 2.45) is 0 Å². The summed E-state index contributed by atoms with van der Waals surface area (Å²) >= 11 is 7.31. The summed E-state index contributed by atoms with van der Waals surface area (Å²) in [6.07, 6.45) is 8.45. The fourth-order valence-electron chi connectivity index (χ4n) is 4.00. The number of halogens is 3. The van der Waals surface area contributed by atoms with Crippen LogP contribution in [0.25, 0.3) is 15.8 Å². The van der Waals surface area contributed by atoms with Gasteiger partial charge in [-0.05, 0) is 43.5 Å². The first kappa shape index (κ1) is 22.5. The van der Waals surface area contributed by atoms with Crippen LogP contribution in [0.4, 0.5) is 20.5 Å². The molecule has 1 aliphatic rings. The molecule has 2 atom stereocenters. The minimum absolute atomic E-state index is 0.0811. The van der Waals surface area contributed by atoms with Gasteiger partial charge in [0.2, 0.25) is 5.95 Å². The third-order valence-corrected chi connectivity index (χ3v) is 6.81. The molecule has 0 aromatic carbocycles. The van der Waals surface area contributed by atoms with Crippen LogP contribution >= 0.6 is 22.9 Å². The topological polar surface area (TPSA) is 94.0 Å². The molecule has 4 aromatic rings. The van der Waals surface area contributed by atoms with Crippen LogP contribution in [0.5, 0.6) is 5.75 Å². The van der Waals surface area contributed by atoms with Crippen molar-refractivity contribution in [1.29, 1.82) is 0 Å². The van der Waals surface area contributed by atoms with Crippen LogP contribution in [0.1, 0.15) is 19.3 Å². The minimum atomic E-state index is -2.91.